The smallest absolute Gasteiger partial charge is 0.232 e. The minimum atomic E-state index is -1.12. The third kappa shape index (κ3) is 2.31. The van der Waals surface area contributed by atoms with Gasteiger partial charge in [0.25, 0.3) is 0 Å². The van der Waals surface area contributed by atoms with Gasteiger partial charge in [0.2, 0.25) is 5.12 Å². The number of nitrogens with zero attached hydrogens (tertiary/aromatic N) is 1. The second-order valence-electron chi connectivity index (χ2n) is 4.24. The summed E-state index contributed by atoms with van der Waals surface area (Å²) < 4.78 is 12.9. The zero-order valence-corrected chi connectivity index (χ0v) is 11.2. The van der Waals surface area contributed by atoms with E-state index in [0.29, 0.717) is 10.6 Å². The van der Waals surface area contributed by atoms with Crippen molar-refractivity contribution in [2.24, 2.45) is 4.99 Å². The molecule has 19 heavy (non-hydrogen) atoms. The molecule has 96 valence electrons. The number of hydrogen-bond acceptors (Lipinski definition) is 2. The van der Waals surface area contributed by atoms with Crippen molar-refractivity contribution in [3.05, 3.63) is 64.4 Å². The lowest BCUT2D eigenvalue weighted by Gasteiger charge is -2.29. The van der Waals surface area contributed by atoms with E-state index in [2.05, 4.69) is 10.3 Å². The minimum absolute atomic E-state index is 0.309. The van der Waals surface area contributed by atoms with E-state index in [-0.39, 0.29) is 5.82 Å². The zero-order chi connectivity index (χ0) is 13.5. The van der Waals surface area contributed by atoms with Gasteiger partial charge in [-0.2, -0.15) is 0 Å². The maximum Gasteiger partial charge on any atom is 0.232 e. The molecule has 1 unspecified atom stereocenters. The van der Waals surface area contributed by atoms with Crippen LogP contribution in [-0.2, 0) is 5.12 Å². The lowest BCUT2D eigenvalue weighted by molar-refractivity contribution is 0.624. The molecule has 1 heterocycles. The summed E-state index contributed by atoms with van der Waals surface area (Å²) in [5.41, 5.74) is 2.37. The maximum atomic E-state index is 12.9. The molecule has 1 aliphatic heterocycles. The first-order valence-electron chi connectivity index (χ1n) is 5.65. The Balaban J connectivity index is 2.01. The third-order valence-electron chi connectivity index (χ3n) is 2.92. The molecular formula is C14H9Cl2FN2. The molecule has 0 spiro atoms. The molecule has 0 saturated heterocycles. The Labute approximate surface area is 119 Å². The van der Waals surface area contributed by atoms with Crippen LogP contribution < -0.4 is 5.32 Å². The Hall–Kier alpha value is -1.58. The Morgan fingerprint density at radius 2 is 1.84 bits per heavy atom. The fraction of sp³-hybridized carbons (Fsp3) is 0.0714. The van der Waals surface area contributed by atoms with Gasteiger partial charge in [-0.15, -0.1) is 0 Å². The van der Waals surface area contributed by atoms with E-state index in [0.717, 1.165) is 11.3 Å². The molecule has 2 aromatic rings. The summed E-state index contributed by atoms with van der Waals surface area (Å²) in [5.74, 6) is -0.309. The normalized spacial score (nSPS) is 20.8. The van der Waals surface area contributed by atoms with Crippen molar-refractivity contribution in [1.82, 2.24) is 0 Å². The van der Waals surface area contributed by atoms with Crippen molar-refractivity contribution >= 4 is 35.1 Å². The highest BCUT2D eigenvalue weighted by molar-refractivity contribution is 6.31. The molecule has 2 aromatic carbocycles. The minimum Gasteiger partial charge on any atom is -0.344 e. The van der Waals surface area contributed by atoms with Gasteiger partial charge < -0.3 is 5.32 Å². The van der Waals surface area contributed by atoms with Gasteiger partial charge in [-0.3, -0.25) is 0 Å². The topological polar surface area (TPSA) is 24.4 Å². The van der Waals surface area contributed by atoms with E-state index in [1.165, 1.54) is 12.1 Å². The number of aliphatic imine (C=N–C) groups is 1. The molecule has 0 aromatic heterocycles. The van der Waals surface area contributed by atoms with Crippen LogP contribution in [0.4, 0.5) is 10.1 Å². The van der Waals surface area contributed by atoms with Crippen LogP contribution in [0.3, 0.4) is 0 Å². The summed E-state index contributed by atoms with van der Waals surface area (Å²) in [6.45, 7) is 0. The van der Waals surface area contributed by atoms with Gasteiger partial charge in [-0.05, 0) is 30.3 Å². The molecule has 0 aliphatic carbocycles. The van der Waals surface area contributed by atoms with Gasteiger partial charge in [-0.1, -0.05) is 35.3 Å². The lowest BCUT2D eigenvalue weighted by atomic mass is 10.1. The summed E-state index contributed by atoms with van der Waals surface area (Å²) >= 11 is 12.4. The van der Waals surface area contributed by atoms with Crippen molar-refractivity contribution in [3.63, 3.8) is 0 Å². The van der Waals surface area contributed by atoms with E-state index in [1.54, 1.807) is 30.5 Å². The first kappa shape index (κ1) is 12.5. The molecule has 3 rings (SSSR count). The van der Waals surface area contributed by atoms with Gasteiger partial charge in [-0.25, -0.2) is 9.38 Å². The van der Waals surface area contributed by atoms with Gasteiger partial charge in [0.1, 0.15) is 5.82 Å². The Kier molecular flexibility index (Phi) is 2.96. The highest BCUT2D eigenvalue weighted by Gasteiger charge is 2.31. The van der Waals surface area contributed by atoms with Gasteiger partial charge in [0.05, 0.1) is 0 Å². The van der Waals surface area contributed by atoms with E-state index in [4.69, 9.17) is 23.2 Å². The molecule has 0 bridgehead atoms. The number of hydrogen-bond donors (Lipinski definition) is 1. The first-order chi connectivity index (χ1) is 9.07. The Morgan fingerprint density at radius 3 is 2.58 bits per heavy atom. The Morgan fingerprint density at radius 1 is 1.11 bits per heavy atom. The molecule has 0 fully saturated rings. The fourth-order valence-corrected chi connectivity index (χ4v) is 2.40. The largest absolute Gasteiger partial charge is 0.344 e. The number of halogens is 3. The van der Waals surface area contributed by atoms with E-state index in [1.807, 2.05) is 6.07 Å². The fourth-order valence-electron chi connectivity index (χ4n) is 1.94. The van der Waals surface area contributed by atoms with E-state index in [9.17, 15) is 4.39 Å². The molecule has 2 nitrogen and oxygen atoms in total. The number of rotatable bonds is 1. The summed E-state index contributed by atoms with van der Waals surface area (Å²) in [7, 11) is 0. The van der Waals surface area contributed by atoms with Crippen molar-refractivity contribution < 1.29 is 4.39 Å². The van der Waals surface area contributed by atoms with Crippen molar-refractivity contribution in [3.8, 4) is 0 Å². The van der Waals surface area contributed by atoms with Gasteiger partial charge in [0.15, 0.2) is 0 Å². The van der Waals surface area contributed by atoms with Crippen LogP contribution in [0, 0.1) is 5.82 Å². The number of benzene rings is 2. The maximum absolute atomic E-state index is 12.9. The van der Waals surface area contributed by atoms with Crippen molar-refractivity contribution in [1.29, 1.82) is 0 Å². The van der Waals surface area contributed by atoms with Crippen LogP contribution in [0.1, 0.15) is 11.1 Å². The number of anilines is 1. The average Bonchev–Trinajstić information content (AvgIpc) is 2.40. The SMILES string of the molecule is Fc1ccc(C2(Cl)N=Cc3cc(Cl)ccc3N2)cc1. The van der Waals surface area contributed by atoms with Crippen LogP contribution in [0.25, 0.3) is 0 Å². The molecule has 0 saturated carbocycles. The first-order valence-corrected chi connectivity index (χ1v) is 6.40. The van der Waals surface area contributed by atoms with Crippen LogP contribution in [0.2, 0.25) is 5.02 Å². The number of alkyl halides is 1. The second kappa shape index (κ2) is 4.51. The highest BCUT2D eigenvalue weighted by atomic mass is 35.5. The molecule has 0 radical (unpaired) electrons. The average molecular weight is 295 g/mol. The molecule has 1 aliphatic rings. The quantitative estimate of drug-likeness (QED) is 0.613. The highest BCUT2D eigenvalue weighted by Crippen LogP contribution is 2.36. The molecular weight excluding hydrogens is 286 g/mol. The predicted molar refractivity (Wildman–Crippen MR) is 76.6 cm³/mol. The van der Waals surface area contributed by atoms with Crippen LogP contribution >= 0.6 is 23.2 Å². The number of nitrogens with one attached hydrogen (secondary N) is 1. The van der Waals surface area contributed by atoms with E-state index < -0.39 is 5.12 Å². The van der Waals surface area contributed by atoms with Crippen LogP contribution in [0.5, 0.6) is 0 Å². The van der Waals surface area contributed by atoms with Gasteiger partial charge in [0, 0.05) is 28.1 Å². The standard InChI is InChI=1S/C14H9Cl2FN2/c15-11-3-6-13-9(7-11)8-18-14(16,19-13)10-1-4-12(17)5-2-10/h1-8,19H. The van der Waals surface area contributed by atoms with E-state index >= 15 is 0 Å². The monoisotopic (exact) mass is 294 g/mol. The number of fused-ring (bicyclic) bond motifs is 1. The molecule has 1 N–H and O–H groups in total. The summed E-state index contributed by atoms with van der Waals surface area (Å²) in [6.07, 6.45) is 1.66. The lowest BCUT2D eigenvalue weighted by Crippen LogP contribution is -2.30. The predicted octanol–water partition coefficient (Wildman–Crippen LogP) is 4.37. The second-order valence-corrected chi connectivity index (χ2v) is 5.23. The summed E-state index contributed by atoms with van der Waals surface area (Å²) in [4.78, 5) is 4.29. The third-order valence-corrected chi connectivity index (χ3v) is 3.57. The molecule has 0 amide bonds. The Bertz CT molecular complexity index is 655. The summed E-state index contributed by atoms with van der Waals surface area (Å²) in [6, 6.07) is 11.3. The van der Waals surface area contributed by atoms with Gasteiger partial charge >= 0.3 is 0 Å². The van der Waals surface area contributed by atoms with Crippen LogP contribution in [-0.4, -0.2) is 6.21 Å². The van der Waals surface area contributed by atoms with Crippen LogP contribution in [0.15, 0.2) is 47.5 Å². The van der Waals surface area contributed by atoms with Crippen molar-refractivity contribution in [2.75, 3.05) is 5.32 Å². The molecule has 5 heteroatoms. The zero-order valence-electron chi connectivity index (χ0n) is 9.70. The summed E-state index contributed by atoms with van der Waals surface area (Å²) in [5, 5.41) is 2.64. The molecule has 1 atom stereocenters. The van der Waals surface area contributed by atoms with Crippen molar-refractivity contribution in [2.45, 2.75) is 5.12 Å².